The number of rotatable bonds is 7. The second kappa shape index (κ2) is 8.56. The van der Waals surface area contributed by atoms with E-state index in [4.69, 9.17) is 14.6 Å². The van der Waals surface area contributed by atoms with Crippen molar-refractivity contribution in [2.24, 2.45) is 5.10 Å². The van der Waals surface area contributed by atoms with Crippen molar-refractivity contribution >= 4 is 17.6 Å². The largest absolute Gasteiger partial charge is 0.497 e. The molecule has 0 fully saturated rings. The lowest BCUT2D eigenvalue weighted by Gasteiger charge is -2.23. The number of ether oxygens (including phenoxy) is 2. The lowest BCUT2D eigenvalue weighted by Crippen LogP contribution is -2.27. The number of carboxylic acids is 1. The average molecular weight is 382 g/mol. The first-order valence-corrected chi connectivity index (χ1v) is 8.92. The van der Waals surface area contributed by atoms with Gasteiger partial charge in [-0.1, -0.05) is 18.2 Å². The Hall–Kier alpha value is -3.35. The molecule has 146 valence electrons. The summed E-state index contributed by atoms with van der Waals surface area (Å²) in [6, 6.07) is 14.6. The van der Waals surface area contributed by atoms with Crippen molar-refractivity contribution < 1.29 is 24.2 Å². The van der Waals surface area contributed by atoms with Gasteiger partial charge in [0.1, 0.15) is 11.5 Å². The number of carbonyl (C=O) groups excluding carboxylic acids is 1. The Morgan fingerprint density at radius 1 is 1.07 bits per heavy atom. The van der Waals surface area contributed by atoms with E-state index in [-0.39, 0.29) is 24.8 Å². The molecule has 1 atom stereocenters. The second-order valence-electron chi connectivity index (χ2n) is 6.37. The van der Waals surface area contributed by atoms with Crippen LogP contribution < -0.4 is 9.47 Å². The van der Waals surface area contributed by atoms with Crippen LogP contribution in [0.2, 0.25) is 0 Å². The van der Waals surface area contributed by atoms with E-state index in [2.05, 4.69) is 5.10 Å². The van der Waals surface area contributed by atoms with E-state index in [1.165, 1.54) is 5.01 Å². The van der Waals surface area contributed by atoms with Gasteiger partial charge in [0.2, 0.25) is 5.91 Å². The van der Waals surface area contributed by atoms with Crippen molar-refractivity contribution in [2.45, 2.75) is 25.3 Å². The van der Waals surface area contributed by atoms with Gasteiger partial charge >= 0.3 is 5.97 Å². The first kappa shape index (κ1) is 19.4. The molecule has 3 rings (SSSR count). The summed E-state index contributed by atoms with van der Waals surface area (Å²) >= 11 is 0. The third kappa shape index (κ3) is 4.14. The Morgan fingerprint density at radius 3 is 2.43 bits per heavy atom. The van der Waals surface area contributed by atoms with Crippen molar-refractivity contribution in [3.8, 4) is 11.5 Å². The molecule has 0 saturated heterocycles. The monoisotopic (exact) mass is 382 g/mol. The molecule has 1 aliphatic rings. The van der Waals surface area contributed by atoms with Gasteiger partial charge < -0.3 is 14.6 Å². The van der Waals surface area contributed by atoms with Crippen LogP contribution in [-0.2, 0) is 9.59 Å². The molecule has 1 N–H and O–H groups in total. The van der Waals surface area contributed by atoms with Gasteiger partial charge in [-0.25, -0.2) is 5.01 Å². The van der Waals surface area contributed by atoms with Crippen molar-refractivity contribution in [3.63, 3.8) is 0 Å². The van der Waals surface area contributed by atoms with E-state index in [1.807, 2.05) is 48.5 Å². The van der Waals surface area contributed by atoms with E-state index >= 15 is 0 Å². The summed E-state index contributed by atoms with van der Waals surface area (Å²) in [4.78, 5) is 23.6. The molecule has 2 aromatic rings. The summed E-state index contributed by atoms with van der Waals surface area (Å²) in [6.07, 6.45) is 0.160. The number of carbonyl (C=O) groups is 2. The zero-order chi connectivity index (χ0) is 20.1. The van der Waals surface area contributed by atoms with Crippen LogP contribution >= 0.6 is 0 Å². The van der Waals surface area contributed by atoms with Crippen LogP contribution in [0, 0.1) is 0 Å². The summed E-state index contributed by atoms with van der Waals surface area (Å²) in [5, 5.41) is 14.8. The van der Waals surface area contributed by atoms with Crippen LogP contribution in [0.25, 0.3) is 0 Å². The van der Waals surface area contributed by atoms with Crippen LogP contribution in [0.5, 0.6) is 11.5 Å². The minimum absolute atomic E-state index is 0.111. The van der Waals surface area contributed by atoms with Gasteiger partial charge in [-0.3, -0.25) is 9.59 Å². The van der Waals surface area contributed by atoms with Gasteiger partial charge in [0, 0.05) is 18.4 Å². The molecular weight excluding hydrogens is 360 g/mol. The quantitative estimate of drug-likeness (QED) is 0.794. The fourth-order valence-corrected chi connectivity index (χ4v) is 3.21. The number of para-hydroxylation sites is 1. The molecule has 0 aliphatic carbocycles. The lowest BCUT2D eigenvalue weighted by atomic mass is 9.97. The number of carboxylic acid groups (broad SMARTS) is 1. The number of benzene rings is 2. The first-order chi connectivity index (χ1) is 13.5. The maximum absolute atomic E-state index is 12.7. The van der Waals surface area contributed by atoms with E-state index in [1.54, 1.807) is 14.2 Å². The van der Waals surface area contributed by atoms with E-state index in [0.29, 0.717) is 12.2 Å². The minimum Gasteiger partial charge on any atom is -0.497 e. The van der Waals surface area contributed by atoms with Gasteiger partial charge in [0.25, 0.3) is 0 Å². The summed E-state index contributed by atoms with van der Waals surface area (Å²) < 4.78 is 10.6. The number of hydrogen-bond donors (Lipinski definition) is 1. The van der Waals surface area contributed by atoms with Crippen molar-refractivity contribution in [2.75, 3.05) is 14.2 Å². The number of methoxy groups -OCH3 is 2. The molecule has 2 aromatic carbocycles. The molecule has 7 nitrogen and oxygen atoms in total. The molecular formula is C21H22N2O5. The Labute approximate surface area is 163 Å². The molecule has 1 heterocycles. The highest BCUT2D eigenvalue weighted by Gasteiger charge is 2.34. The molecule has 1 aliphatic heterocycles. The number of nitrogens with zero attached hydrogens (tertiary/aromatic N) is 2. The number of hydrazone groups is 1. The Morgan fingerprint density at radius 2 is 1.79 bits per heavy atom. The third-order valence-electron chi connectivity index (χ3n) is 4.64. The Bertz CT molecular complexity index is 892. The standard InChI is InChI=1S/C21H22N2O5/c1-27-15-9-7-14(8-10-15)17-13-18(16-5-3-4-6-19(16)28-2)23(22-17)20(24)11-12-21(25)26/h3-10,18H,11-13H2,1-2H3,(H,25,26)/t18-/m1/s1. The summed E-state index contributed by atoms with van der Waals surface area (Å²) in [7, 11) is 3.18. The fraction of sp³-hybridized carbons (Fsp3) is 0.286. The predicted molar refractivity (Wildman–Crippen MR) is 104 cm³/mol. The Kier molecular flexibility index (Phi) is 5.93. The SMILES string of the molecule is COc1ccc(C2=NN(C(=O)CCC(=O)O)[C@@H](c3ccccc3OC)C2)cc1. The topological polar surface area (TPSA) is 88.4 Å². The highest BCUT2D eigenvalue weighted by molar-refractivity contribution is 6.03. The normalized spacial score (nSPS) is 15.9. The molecule has 1 amide bonds. The van der Waals surface area contributed by atoms with Crippen LogP contribution in [-0.4, -0.2) is 41.9 Å². The summed E-state index contributed by atoms with van der Waals surface area (Å²) in [5.74, 6) is 0.0512. The van der Waals surface area contributed by atoms with E-state index in [9.17, 15) is 9.59 Å². The smallest absolute Gasteiger partial charge is 0.303 e. The summed E-state index contributed by atoms with van der Waals surface area (Å²) in [5.41, 5.74) is 2.47. The predicted octanol–water partition coefficient (Wildman–Crippen LogP) is 3.25. The van der Waals surface area contributed by atoms with Gasteiger partial charge in [-0.05, 0) is 35.9 Å². The van der Waals surface area contributed by atoms with Crippen LogP contribution in [0.3, 0.4) is 0 Å². The summed E-state index contributed by atoms with van der Waals surface area (Å²) in [6.45, 7) is 0. The molecule has 0 aromatic heterocycles. The molecule has 28 heavy (non-hydrogen) atoms. The molecule has 0 unspecified atom stereocenters. The van der Waals surface area contributed by atoms with E-state index in [0.717, 1.165) is 22.6 Å². The van der Waals surface area contributed by atoms with Gasteiger partial charge in [0.15, 0.2) is 0 Å². The third-order valence-corrected chi connectivity index (χ3v) is 4.64. The zero-order valence-corrected chi connectivity index (χ0v) is 15.8. The number of aliphatic carboxylic acids is 1. The van der Waals surface area contributed by atoms with Crippen LogP contribution in [0.4, 0.5) is 0 Å². The number of amides is 1. The average Bonchev–Trinajstić information content (AvgIpc) is 3.17. The second-order valence-corrected chi connectivity index (χ2v) is 6.37. The molecule has 0 radical (unpaired) electrons. The highest BCUT2D eigenvalue weighted by atomic mass is 16.5. The Balaban J connectivity index is 1.93. The van der Waals surface area contributed by atoms with Gasteiger partial charge in [-0.15, -0.1) is 0 Å². The zero-order valence-electron chi connectivity index (χ0n) is 15.8. The molecule has 0 bridgehead atoms. The lowest BCUT2D eigenvalue weighted by molar-refractivity contribution is -0.141. The van der Waals surface area contributed by atoms with Crippen LogP contribution in [0.15, 0.2) is 53.6 Å². The minimum atomic E-state index is -1.01. The highest BCUT2D eigenvalue weighted by Crippen LogP contribution is 2.37. The molecule has 7 heteroatoms. The van der Waals surface area contributed by atoms with Crippen LogP contribution in [0.1, 0.15) is 36.4 Å². The molecule has 0 saturated carbocycles. The van der Waals surface area contributed by atoms with Gasteiger partial charge in [-0.2, -0.15) is 5.10 Å². The number of hydrogen-bond acceptors (Lipinski definition) is 5. The maximum atomic E-state index is 12.7. The van der Waals surface area contributed by atoms with Gasteiger partial charge in [0.05, 0.1) is 32.4 Å². The van der Waals surface area contributed by atoms with Crippen molar-refractivity contribution in [3.05, 3.63) is 59.7 Å². The molecule has 0 spiro atoms. The fourth-order valence-electron chi connectivity index (χ4n) is 3.21. The van der Waals surface area contributed by atoms with E-state index < -0.39 is 5.97 Å². The van der Waals surface area contributed by atoms with Crippen molar-refractivity contribution in [1.82, 2.24) is 5.01 Å². The first-order valence-electron chi connectivity index (χ1n) is 8.92. The van der Waals surface area contributed by atoms with Crippen molar-refractivity contribution in [1.29, 1.82) is 0 Å². The maximum Gasteiger partial charge on any atom is 0.303 e.